The number of alkyl halides is 2. The zero-order valence-electron chi connectivity index (χ0n) is 15.9. The van der Waals surface area contributed by atoms with Gasteiger partial charge in [0, 0.05) is 11.6 Å². The van der Waals surface area contributed by atoms with Crippen LogP contribution in [0.4, 0.5) is 14.5 Å². The average molecular weight is 446 g/mol. The molecule has 2 amide bonds. The molecule has 0 spiro atoms. The number of hydrogen-bond donors (Lipinski definition) is 3. The number of H-pyrrole nitrogens is 1. The Morgan fingerprint density at radius 3 is 2.77 bits per heavy atom. The first-order valence-corrected chi connectivity index (χ1v) is 9.22. The predicted molar refractivity (Wildman–Crippen MR) is 109 cm³/mol. The van der Waals surface area contributed by atoms with Crippen molar-refractivity contribution in [3.05, 3.63) is 64.2 Å². The second-order valence-electron chi connectivity index (χ2n) is 6.57. The van der Waals surface area contributed by atoms with Crippen molar-refractivity contribution in [2.75, 3.05) is 5.32 Å². The standard InChI is InChI=1S/C19H14ClF2N7O2/c1-8-5-9-7-25-27-15(9)13(17(23)30)14(8)26-19(31)12-6-11(16(21)22)28-29(12)18-10(20)3-2-4-24-18/h2-7,16H,1H3,(H2,23,30)(H,25,27)(H,26,31). The maximum absolute atomic E-state index is 13.3. The molecular formula is C19H14ClF2N7O2. The molecule has 4 aromatic rings. The second kappa shape index (κ2) is 7.76. The van der Waals surface area contributed by atoms with Gasteiger partial charge in [0.1, 0.15) is 11.4 Å². The largest absolute Gasteiger partial charge is 0.365 e. The van der Waals surface area contributed by atoms with Gasteiger partial charge in [-0.1, -0.05) is 11.6 Å². The Morgan fingerprint density at radius 1 is 1.32 bits per heavy atom. The summed E-state index contributed by atoms with van der Waals surface area (Å²) in [5, 5.41) is 13.6. The van der Waals surface area contributed by atoms with Crippen LogP contribution in [0.1, 0.15) is 38.5 Å². The number of amides is 2. The van der Waals surface area contributed by atoms with Gasteiger partial charge in [-0.15, -0.1) is 0 Å². The molecule has 9 nitrogen and oxygen atoms in total. The molecule has 0 saturated heterocycles. The van der Waals surface area contributed by atoms with Crippen LogP contribution in [-0.4, -0.2) is 36.8 Å². The third-order valence-electron chi connectivity index (χ3n) is 4.54. The molecular weight excluding hydrogens is 432 g/mol. The lowest BCUT2D eigenvalue weighted by atomic mass is 10.0. The molecule has 3 heterocycles. The number of anilines is 1. The van der Waals surface area contributed by atoms with Gasteiger partial charge in [0.15, 0.2) is 5.82 Å². The number of pyridine rings is 1. The van der Waals surface area contributed by atoms with Gasteiger partial charge >= 0.3 is 0 Å². The number of halogens is 3. The Bertz CT molecular complexity index is 1330. The number of aryl methyl sites for hydroxylation is 1. The average Bonchev–Trinajstić information content (AvgIpc) is 3.35. The molecule has 0 radical (unpaired) electrons. The van der Waals surface area contributed by atoms with Crippen molar-refractivity contribution in [3.63, 3.8) is 0 Å². The number of aromatic amines is 1. The van der Waals surface area contributed by atoms with Gasteiger partial charge in [-0.05, 0) is 36.8 Å². The molecule has 158 valence electrons. The molecule has 0 atom stereocenters. The summed E-state index contributed by atoms with van der Waals surface area (Å²) in [7, 11) is 0. The summed E-state index contributed by atoms with van der Waals surface area (Å²) in [6, 6.07) is 5.65. The number of carbonyl (C=O) groups excluding carboxylic acids is 2. The number of aromatic nitrogens is 5. The summed E-state index contributed by atoms with van der Waals surface area (Å²) >= 11 is 6.11. The fraction of sp³-hybridized carbons (Fsp3) is 0.105. The fourth-order valence-corrected chi connectivity index (χ4v) is 3.38. The van der Waals surface area contributed by atoms with Crippen molar-refractivity contribution in [2.45, 2.75) is 13.3 Å². The first kappa shape index (κ1) is 20.4. The summed E-state index contributed by atoms with van der Waals surface area (Å²) < 4.78 is 27.5. The topological polar surface area (TPSA) is 132 Å². The molecule has 1 aromatic carbocycles. The van der Waals surface area contributed by atoms with Crippen LogP contribution in [0.5, 0.6) is 0 Å². The van der Waals surface area contributed by atoms with E-state index in [9.17, 15) is 18.4 Å². The lowest BCUT2D eigenvalue weighted by Crippen LogP contribution is -2.22. The first-order chi connectivity index (χ1) is 14.8. The van der Waals surface area contributed by atoms with E-state index >= 15 is 0 Å². The Kier molecular flexibility index (Phi) is 5.11. The van der Waals surface area contributed by atoms with Gasteiger partial charge in [0.05, 0.1) is 28.0 Å². The van der Waals surface area contributed by atoms with Crippen LogP contribution in [-0.2, 0) is 0 Å². The highest BCUT2D eigenvalue weighted by Crippen LogP contribution is 2.30. The van der Waals surface area contributed by atoms with Crippen LogP contribution in [0.25, 0.3) is 16.7 Å². The number of nitrogens with two attached hydrogens (primary N) is 1. The third-order valence-corrected chi connectivity index (χ3v) is 4.84. The minimum Gasteiger partial charge on any atom is -0.365 e. The number of benzene rings is 1. The van der Waals surface area contributed by atoms with Crippen molar-refractivity contribution in [1.29, 1.82) is 0 Å². The first-order valence-electron chi connectivity index (χ1n) is 8.84. The van der Waals surface area contributed by atoms with Crippen molar-refractivity contribution >= 4 is 40.0 Å². The van der Waals surface area contributed by atoms with Crippen molar-refractivity contribution in [2.24, 2.45) is 5.73 Å². The number of rotatable bonds is 5. The third kappa shape index (κ3) is 3.59. The van der Waals surface area contributed by atoms with Gasteiger partial charge in [-0.2, -0.15) is 10.2 Å². The minimum atomic E-state index is -2.93. The minimum absolute atomic E-state index is 0.00270. The predicted octanol–water partition coefficient (Wildman–Crippen LogP) is 3.39. The molecule has 4 rings (SSSR count). The molecule has 0 saturated carbocycles. The molecule has 0 aliphatic heterocycles. The van der Waals surface area contributed by atoms with E-state index in [1.807, 2.05) is 0 Å². The van der Waals surface area contributed by atoms with E-state index in [1.165, 1.54) is 18.5 Å². The molecule has 31 heavy (non-hydrogen) atoms. The quantitative estimate of drug-likeness (QED) is 0.433. The summed E-state index contributed by atoms with van der Waals surface area (Å²) in [4.78, 5) is 29.2. The number of nitrogens with zero attached hydrogens (tertiary/aromatic N) is 4. The van der Waals surface area contributed by atoms with Crippen LogP contribution < -0.4 is 11.1 Å². The molecule has 0 aliphatic carbocycles. The number of fused-ring (bicyclic) bond motifs is 1. The second-order valence-corrected chi connectivity index (χ2v) is 6.98. The Morgan fingerprint density at radius 2 is 2.10 bits per heavy atom. The highest BCUT2D eigenvalue weighted by molar-refractivity contribution is 6.32. The Balaban J connectivity index is 1.83. The zero-order chi connectivity index (χ0) is 22.3. The number of carbonyl (C=O) groups is 2. The SMILES string of the molecule is Cc1cc2cn[nH]c2c(C(N)=O)c1NC(=O)c1cc(C(F)F)nn1-c1ncccc1Cl. The Hall–Kier alpha value is -3.86. The number of nitrogens with one attached hydrogen (secondary N) is 2. The van der Waals surface area contributed by atoms with Crippen LogP contribution in [0.15, 0.2) is 36.7 Å². The van der Waals surface area contributed by atoms with Crippen LogP contribution in [0.3, 0.4) is 0 Å². The van der Waals surface area contributed by atoms with E-state index in [0.29, 0.717) is 16.5 Å². The van der Waals surface area contributed by atoms with Crippen molar-refractivity contribution < 1.29 is 18.4 Å². The number of primary amides is 1. The summed E-state index contributed by atoms with van der Waals surface area (Å²) in [6.45, 7) is 1.66. The molecule has 3 aromatic heterocycles. The lowest BCUT2D eigenvalue weighted by Gasteiger charge is -2.14. The molecule has 4 N–H and O–H groups in total. The van der Waals surface area contributed by atoms with Gasteiger partial charge in [0.2, 0.25) is 0 Å². The lowest BCUT2D eigenvalue weighted by molar-refractivity contribution is 0.100. The van der Waals surface area contributed by atoms with Gasteiger partial charge in [-0.3, -0.25) is 14.7 Å². The van der Waals surface area contributed by atoms with Crippen LogP contribution >= 0.6 is 11.6 Å². The monoisotopic (exact) mass is 445 g/mol. The van der Waals surface area contributed by atoms with Crippen molar-refractivity contribution in [3.8, 4) is 5.82 Å². The van der Waals surface area contributed by atoms with E-state index in [2.05, 4.69) is 25.6 Å². The fourth-order valence-electron chi connectivity index (χ4n) is 3.18. The molecule has 0 fully saturated rings. The van der Waals surface area contributed by atoms with Crippen LogP contribution in [0, 0.1) is 6.92 Å². The van der Waals surface area contributed by atoms with Crippen LogP contribution in [0.2, 0.25) is 5.02 Å². The van der Waals surface area contributed by atoms with E-state index in [1.54, 1.807) is 19.1 Å². The smallest absolute Gasteiger partial charge is 0.282 e. The summed E-state index contributed by atoms with van der Waals surface area (Å²) in [5.41, 5.74) is 5.62. The molecule has 0 bridgehead atoms. The summed E-state index contributed by atoms with van der Waals surface area (Å²) in [5.74, 6) is -1.62. The number of hydrogen-bond acceptors (Lipinski definition) is 5. The normalized spacial score (nSPS) is 11.3. The van der Waals surface area contributed by atoms with Gasteiger partial charge in [-0.25, -0.2) is 18.4 Å². The van der Waals surface area contributed by atoms with E-state index in [4.69, 9.17) is 17.3 Å². The van der Waals surface area contributed by atoms with E-state index < -0.39 is 23.9 Å². The highest BCUT2D eigenvalue weighted by Gasteiger charge is 2.25. The molecule has 12 heteroatoms. The van der Waals surface area contributed by atoms with Crippen molar-refractivity contribution in [1.82, 2.24) is 25.0 Å². The van der Waals surface area contributed by atoms with Gasteiger partial charge < -0.3 is 11.1 Å². The van der Waals surface area contributed by atoms with Gasteiger partial charge in [0.25, 0.3) is 18.2 Å². The zero-order valence-corrected chi connectivity index (χ0v) is 16.6. The molecule has 0 unspecified atom stereocenters. The highest BCUT2D eigenvalue weighted by atomic mass is 35.5. The maximum Gasteiger partial charge on any atom is 0.282 e. The molecule has 0 aliphatic rings. The Labute approximate surface area is 178 Å². The van der Waals surface area contributed by atoms with E-state index in [0.717, 1.165) is 10.7 Å². The maximum atomic E-state index is 13.3. The van der Waals surface area contributed by atoms with E-state index in [-0.39, 0.29) is 27.8 Å². The summed E-state index contributed by atoms with van der Waals surface area (Å²) in [6.07, 6.45) is -0.0405.